The fraction of sp³-hybridized carbons (Fsp3) is 0.400. The van der Waals surface area contributed by atoms with E-state index in [0.717, 1.165) is 33.4 Å². The molecule has 0 spiro atoms. The van der Waals surface area contributed by atoms with Gasteiger partial charge in [0, 0.05) is 28.5 Å². The summed E-state index contributed by atoms with van der Waals surface area (Å²) in [5, 5.41) is 1.07. The molecule has 2 aliphatic rings. The molecular formula is C25H26N2O3. The third-order valence-corrected chi connectivity index (χ3v) is 6.24. The molecule has 30 heavy (non-hydrogen) atoms. The van der Waals surface area contributed by atoms with Crippen LogP contribution >= 0.6 is 0 Å². The molecule has 3 aromatic rings. The Morgan fingerprint density at radius 3 is 2.63 bits per heavy atom. The molecule has 3 heterocycles. The summed E-state index contributed by atoms with van der Waals surface area (Å²) >= 11 is 0. The zero-order valence-corrected chi connectivity index (χ0v) is 17.9. The van der Waals surface area contributed by atoms with Gasteiger partial charge >= 0.3 is 0 Å². The van der Waals surface area contributed by atoms with Gasteiger partial charge in [-0.3, -0.25) is 9.59 Å². The smallest absolute Gasteiger partial charge is 0.254 e. The Hall–Kier alpha value is -2.79. The number of para-hydroxylation sites is 1. The molecule has 0 amide bonds. The van der Waals surface area contributed by atoms with Crippen LogP contribution in [0.3, 0.4) is 0 Å². The number of Topliss-reactive ketones (excluding diaryl/α,β-unsaturated/α-hetero) is 1. The lowest BCUT2D eigenvalue weighted by atomic mass is 9.76. The summed E-state index contributed by atoms with van der Waals surface area (Å²) < 4.78 is 8.22. The fourth-order valence-corrected chi connectivity index (χ4v) is 5.00. The van der Waals surface area contributed by atoms with E-state index in [1.165, 1.54) is 0 Å². The van der Waals surface area contributed by atoms with Crippen LogP contribution in [0.5, 0.6) is 0 Å². The second-order valence-electron chi connectivity index (χ2n) is 9.32. The van der Waals surface area contributed by atoms with Crippen molar-refractivity contribution in [2.24, 2.45) is 0 Å². The molecule has 0 unspecified atom stereocenters. The lowest BCUT2D eigenvalue weighted by Crippen LogP contribution is -2.48. The van der Waals surface area contributed by atoms with Crippen LogP contribution in [-0.2, 0) is 28.1 Å². The summed E-state index contributed by atoms with van der Waals surface area (Å²) in [7, 11) is 0. The van der Waals surface area contributed by atoms with Gasteiger partial charge in [-0.1, -0.05) is 25.1 Å². The molecule has 1 aromatic carbocycles. The molecule has 0 fully saturated rings. The first kappa shape index (κ1) is 19.2. The highest BCUT2D eigenvalue weighted by atomic mass is 16.5. The van der Waals surface area contributed by atoms with Gasteiger partial charge in [0.25, 0.3) is 5.56 Å². The number of ether oxygens (including phenoxy) is 1. The molecule has 1 aliphatic heterocycles. The molecule has 0 bridgehead atoms. The van der Waals surface area contributed by atoms with Crippen molar-refractivity contribution in [3.8, 4) is 11.4 Å². The molecule has 0 radical (unpaired) electrons. The monoisotopic (exact) mass is 402 g/mol. The SMILES string of the molecule is CC[C@@]1(OC(C)(C)C)C(=O)CCc2c1cc1n(c2=O)Cc2cc3ccccc3nc2-1. The van der Waals surface area contributed by atoms with Crippen molar-refractivity contribution < 1.29 is 9.53 Å². The summed E-state index contributed by atoms with van der Waals surface area (Å²) in [4.78, 5) is 31.6. The van der Waals surface area contributed by atoms with Gasteiger partial charge in [-0.05, 0) is 51.8 Å². The average Bonchev–Trinajstić information content (AvgIpc) is 3.06. The Morgan fingerprint density at radius 1 is 1.13 bits per heavy atom. The number of nitrogens with zero attached hydrogens (tertiary/aromatic N) is 2. The normalized spacial score (nSPS) is 20.2. The predicted molar refractivity (Wildman–Crippen MR) is 117 cm³/mol. The highest BCUT2D eigenvalue weighted by molar-refractivity contribution is 5.91. The summed E-state index contributed by atoms with van der Waals surface area (Å²) in [5.41, 5.74) is 3.38. The van der Waals surface area contributed by atoms with Gasteiger partial charge in [-0.15, -0.1) is 0 Å². The van der Waals surface area contributed by atoms with E-state index in [4.69, 9.17) is 9.72 Å². The van der Waals surface area contributed by atoms with E-state index in [-0.39, 0.29) is 11.3 Å². The van der Waals surface area contributed by atoms with Crippen molar-refractivity contribution in [2.75, 3.05) is 0 Å². The van der Waals surface area contributed by atoms with Crippen LogP contribution in [0.15, 0.2) is 41.2 Å². The Bertz CT molecular complexity index is 1270. The minimum atomic E-state index is -1.08. The number of carbonyl (C=O) groups is 1. The van der Waals surface area contributed by atoms with Crippen molar-refractivity contribution in [3.05, 3.63) is 63.4 Å². The minimum absolute atomic E-state index is 0.0209. The highest BCUT2D eigenvalue weighted by Crippen LogP contribution is 2.43. The number of aromatic nitrogens is 2. The summed E-state index contributed by atoms with van der Waals surface area (Å²) in [5.74, 6) is 0.0569. The average molecular weight is 402 g/mol. The van der Waals surface area contributed by atoms with Crippen LogP contribution < -0.4 is 5.56 Å². The van der Waals surface area contributed by atoms with E-state index in [2.05, 4.69) is 6.07 Å². The Morgan fingerprint density at radius 2 is 1.90 bits per heavy atom. The van der Waals surface area contributed by atoms with Crippen LogP contribution in [0.1, 0.15) is 57.2 Å². The van der Waals surface area contributed by atoms with Gasteiger partial charge in [-0.2, -0.15) is 0 Å². The number of carbonyl (C=O) groups excluding carboxylic acids is 1. The summed E-state index contributed by atoms with van der Waals surface area (Å²) in [6, 6.07) is 12.1. The maximum absolute atomic E-state index is 13.5. The van der Waals surface area contributed by atoms with Crippen molar-refractivity contribution in [1.29, 1.82) is 0 Å². The third-order valence-electron chi connectivity index (χ3n) is 6.24. The number of pyridine rings is 2. The minimum Gasteiger partial charge on any atom is -0.357 e. The second-order valence-corrected chi connectivity index (χ2v) is 9.32. The number of hydrogen-bond donors (Lipinski definition) is 0. The van der Waals surface area contributed by atoms with Crippen LogP contribution in [0.4, 0.5) is 0 Å². The first-order chi connectivity index (χ1) is 14.2. The predicted octanol–water partition coefficient (Wildman–Crippen LogP) is 4.36. The van der Waals surface area contributed by atoms with Gasteiger partial charge in [0.1, 0.15) is 0 Å². The molecule has 1 atom stereocenters. The second kappa shape index (κ2) is 6.35. The largest absolute Gasteiger partial charge is 0.357 e. The van der Waals surface area contributed by atoms with Gasteiger partial charge in [0.05, 0.1) is 29.1 Å². The standard InChI is InChI=1S/C25H26N2O3/c1-5-25(30-24(2,3)4)18-13-20-22-16(12-15-8-6-7-9-19(15)26-22)14-27(20)23(29)17(18)10-11-21(25)28/h6-9,12-13H,5,10-11,14H2,1-4H3/t25-/m0/s1. The number of rotatable bonds is 2. The number of fused-ring (bicyclic) bond motifs is 5. The first-order valence-corrected chi connectivity index (χ1v) is 10.6. The van der Waals surface area contributed by atoms with E-state index in [1.54, 1.807) is 0 Å². The highest BCUT2D eigenvalue weighted by Gasteiger charge is 2.47. The van der Waals surface area contributed by atoms with Gasteiger partial charge < -0.3 is 9.30 Å². The van der Waals surface area contributed by atoms with Crippen LogP contribution in [0, 0.1) is 0 Å². The maximum Gasteiger partial charge on any atom is 0.254 e. The van der Waals surface area contributed by atoms with Gasteiger partial charge in [0.2, 0.25) is 0 Å². The quantitative estimate of drug-likeness (QED) is 0.500. The van der Waals surface area contributed by atoms with E-state index in [9.17, 15) is 9.59 Å². The van der Waals surface area contributed by atoms with Crippen LogP contribution in [-0.4, -0.2) is 20.9 Å². The van der Waals surface area contributed by atoms with Crippen molar-refractivity contribution >= 4 is 16.7 Å². The van der Waals surface area contributed by atoms with Crippen LogP contribution in [0.25, 0.3) is 22.3 Å². The van der Waals surface area contributed by atoms with E-state index >= 15 is 0 Å². The summed E-state index contributed by atoms with van der Waals surface area (Å²) in [6.07, 6.45) is 1.30. The summed E-state index contributed by atoms with van der Waals surface area (Å²) in [6.45, 7) is 8.34. The molecule has 1 aliphatic carbocycles. The van der Waals surface area contributed by atoms with Crippen molar-refractivity contribution in [1.82, 2.24) is 9.55 Å². The van der Waals surface area contributed by atoms with Gasteiger partial charge in [-0.25, -0.2) is 4.98 Å². The van der Waals surface area contributed by atoms with Crippen molar-refractivity contribution in [2.45, 2.75) is 64.7 Å². The van der Waals surface area contributed by atoms with E-state index in [1.807, 2.05) is 62.6 Å². The van der Waals surface area contributed by atoms with Crippen molar-refractivity contribution in [3.63, 3.8) is 0 Å². The molecule has 154 valence electrons. The lowest BCUT2D eigenvalue weighted by molar-refractivity contribution is -0.171. The third kappa shape index (κ3) is 2.68. The van der Waals surface area contributed by atoms with E-state index in [0.29, 0.717) is 31.4 Å². The van der Waals surface area contributed by atoms with Gasteiger partial charge in [0.15, 0.2) is 11.4 Å². The molecule has 0 saturated heterocycles. The lowest BCUT2D eigenvalue weighted by Gasteiger charge is -2.41. The molecule has 0 saturated carbocycles. The molecular weight excluding hydrogens is 376 g/mol. The Balaban J connectivity index is 1.78. The Kier molecular flexibility index (Phi) is 4.06. The molecule has 5 heteroatoms. The zero-order valence-electron chi connectivity index (χ0n) is 17.9. The number of ketones is 1. The molecule has 2 aromatic heterocycles. The molecule has 5 nitrogen and oxygen atoms in total. The maximum atomic E-state index is 13.5. The first-order valence-electron chi connectivity index (χ1n) is 10.6. The topological polar surface area (TPSA) is 61.2 Å². The van der Waals surface area contributed by atoms with E-state index < -0.39 is 11.2 Å². The van der Waals surface area contributed by atoms with Crippen LogP contribution in [0.2, 0.25) is 0 Å². The zero-order chi connectivity index (χ0) is 21.3. The molecule has 0 N–H and O–H groups in total. The Labute approximate surface area is 175 Å². The fourth-order valence-electron chi connectivity index (χ4n) is 5.00. The number of hydrogen-bond acceptors (Lipinski definition) is 4. The number of benzene rings is 1. The molecule has 5 rings (SSSR count).